The van der Waals surface area contributed by atoms with Gasteiger partial charge in [-0.05, 0) is 29.2 Å². The van der Waals surface area contributed by atoms with Gasteiger partial charge in [-0.25, -0.2) is 14.5 Å². The Morgan fingerprint density at radius 1 is 1.22 bits per heavy atom. The van der Waals surface area contributed by atoms with Crippen LogP contribution in [0.5, 0.6) is 0 Å². The predicted molar refractivity (Wildman–Crippen MR) is 118 cm³/mol. The SMILES string of the molecule is CC(C)(C)C1(Cn2nnc3c(-c4ccco4)nc(N)nc32)Cc2ccccc2N1C(=O)O. The van der Waals surface area contributed by atoms with Crippen molar-refractivity contribution in [2.45, 2.75) is 39.3 Å². The maximum Gasteiger partial charge on any atom is 0.412 e. The van der Waals surface area contributed by atoms with E-state index < -0.39 is 17.0 Å². The molecule has 10 heteroatoms. The first-order valence-corrected chi connectivity index (χ1v) is 10.2. The van der Waals surface area contributed by atoms with E-state index in [1.54, 1.807) is 23.1 Å². The number of hydrogen-bond donors (Lipinski definition) is 2. The van der Waals surface area contributed by atoms with Crippen LogP contribution in [0.2, 0.25) is 0 Å². The van der Waals surface area contributed by atoms with Crippen molar-refractivity contribution in [3.63, 3.8) is 0 Å². The summed E-state index contributed by atoms with van der Waals surface area (Å²) in [7, 11) is 0. The van der Waals surface area contributed by atoms with Crippen molar-refractivity contribution in [3.8, 4) is 11.5 Å². The zero-order valence-electron chi connectivity index (χ0n) is 18.0. The number of hydrogen-bond acceptors (Lipinski definition) is 7. The maximum atomic E-state index is 12.5. The van der Waals surface area contributed by atoms with Crippen LogP contribution in [0.3, 0.4) is 0 Å². The molecule has 1 aliphatic rings. The Morgan fingerprint density at radius 3 is 2.69 bits per heavy atom. The van der Waals surface area contributed by atoms with Crippen molar-refractivity contribution < 1.29 is 14.3 Å². The van der Waals surface area contributed by atoms with E-state index in [0.29, 0.717) is 34.7 Å². The van der Waals surface area contributed by atoms with Crippen LogP contribution in [0.15, 0.2) is 47.1 Å². The molecule has 4 heterocycles. The molecular weight excluding hydrogens is 410 g/mol. The third kappa shape index (κ3) is 2.83. The second-order valence-corrected chi connectivity index (χ2v) is 9.03. The highest BCUT2D eigenvalue weighted by Gasteiger charge is 2.55. The summed E-state index contributed by atoms with van der Waals surface area (Å²) in [6, 6.07) is 11.1. The minimum Gasteiger partial charge on any atom is -0.465 e. The van der Waals surface area contributed by atoms with Crippen LogP contribution in [0.25, 0.3) is 22.6 Å². The zero-order valence-corrected chi connectivity index (χ0v) is 18.0. The van der Waals surface area contributed by atoms with Crippen LogP contribution in [0.1, 0.15) is 26.3 Å². The standard InChI is InChI=1S/C22H23N7O3/c1-21(2,3)22(11-13-7-4-5-8-14(13)29(22)20(30)31)12-28-18-17(26-27-28)16(24-19(23)25-18)15-9-6-10-32-15/h4-10H,11-12H2,1-3H3,(H,30,31)(H2,23,24,25). The average Bonchev–Trinajstić information content (AvgIpc) is 3.44. The summed E-state index contributed by atoms with van der Waals surface area (Å²) in [6.45, 7) is 6.34. The van der Waals surface area contributed by atoms with E-state index in [2.05, 4.69) is 20.3 Å². The van der Waals surface area contributed by atoms with Gasteiger partial charge in [0, 0.05) is 6.42 Å². The molecule has 3 aromatic heterocycles. The Kier molecular flexibility index (Phi) is 4.23. The molecule has 1 amide bonds. The molecule has 32 heavy (non-hydrogen) atoms. The lowest BCUT2D eigenvalue weighted by Gasteiger charge is -2.46. The second-order valence-electron chi connectivity index (χ2n) is 9.03. The van der Waals surface area contributed by atoms with Gasteiger partial charge in [0.15, 0.2) is 16.9 Å². The van der Waals surface area contributed by atoms with Crippen LogP contribution >= 0.6 is 0 Å². The summed E-state index contributed by atoms with van der Waals surface area (Å²) in [5, 5.41) is 18.9. The number of anilines is 2. The molecule has 1 unspecified atom stereocenters. The predicted octanol–water partition coefficient (Wildman–Crippen LogP) is 3.59. The quantitative estimate of drug-likeness (QED) is 0.500. The van der Waals surface area contributed by atoms with Gasteiger partial charge in [-0.15, -0.1) is 5.10 Å². The number of carboxylic acid groups (broad SMARTS) is 1. The van der Waals surface area contributed by atoms with Gasteiger partial charge in [-0.3, -0.25) is 4.90 Å². The topological polar surface area (TPSA) is 136 Å². The third-order valence-electron chi connectivity index (χ3n) is 6.28. The van der Waals surface area contributed by atoms with Gasteiger partial charge in [0.25, 0.3) is 0 Å². The monoisotopic (exact) mass is 433 g/mol. The fraction of sp³-hybridized carbons (Fsp3) is 0.318. The van der Waals surface area contributed by atoms with Crippen molar-refractivity contribution >= 4 is 28.9 Å². The van der Waals surface area contributed by atoms with Gasteiger partial charge in [-0.2, -0.15) is 4.98 Å². The first kappa shape index (κ1) is 20.0. The second kappa shape index (κ2) is 6.78. The van der Waals surface area contributed by atoms with Crippen molar-refractivity contribution in [3.05, 3.63) is 48.2 Å². The maximum absolute atomic E-state index is 12.5. The van der Waals surface area contributed by atoms with E-state index in [0.717, 1.165) is 5.56 Å². The van der Waals surface area contributed by atoms with Crippen molar-refractivity contribution in [1.29, 1.82) is 0 Å². The minimum atomic E-state index is -1.01. The molecule has 0 saturated carbocycles. The van der Waals surface area contributed by atoms with Gasteiger partial charge in [0.05, 0.1) is 24.0 Å². The highest BCUT2D eigenvalue weighted by molar-refractivity contribution is 5.92. The van der Waals surface area contributed by atoms with E-state index >= 15 is 0 Å². The molecule has 0 saturated heterocycles. The normalized spacial score (nSPS) is 18.3. The van der Waals surface area contributed by atoms with E-state index in [1.165, 1.54) is 4.90 Å². The van der Waals surface area contributed by atoms with Crippen molar-refractivity contribution in [2.24, 2.45) is 5.41 Å². The lowest BCUT2D eigenvalue weighted by atomic mass is 9.71. The molecule has 4 aromatic rings. The molecule has 3 N–H and O–H groups in total. The average molecular weight is 433 g/mol. The highest BCUT2D eigenvalue weighted by atomic mass is 16.4. The van der Waals surface area contributed by atoms with Crippen LogP contribution in [0, 0.1) is 5.41 Å². The fourth-order valence-electron chi connectivity index (χ4n) is 4.57. The molecule has 10 nitrogen and oxygen atoms in total. The van der Waals surface area contributed by atoms with Crippen molar-refractivity contribution in [2.75, 3.05) is 10.6 Å². The molecular formula is C22H23N7O3. The summed E-state index contributed by atoms with van der Waals surface area (Å²) in [6.07, 6.45) is 1.06. The van der Waals surface area contributed by atoms with Crippen LogP contribution in [-0.4, -0.2) is 41.7 Å². The largest absolute Gasteiger partial charge is 0.465 e. The minimum absolute atomic E-state index is 0.0575. The third-order valence-corrected chi connectivity index (χ3v) is 6.28. The van der Waals surface area contributed by atoms with Crippen LogP contribution < -0.4 is 10.6 Å². The number of nitrogens with two attached hydrogens (primary N) is 1. The van der Waals surface area contributed by atoms with E-state index in [9.17, 15) is 9.90 Å². The van der Waals surface area contributed by atoms with Crippen molar-refractivity contribution in [1.82, 2.24) is 25.0 Å². The van der Waals surface area contributed by atoms with Gasteiger partial charge >= 0.3 is 6.09 Å². The number of fused-ring (bicyclic) bond motifs is 2. The fourth-order valence-corrected chi connectivity index (χ4v) is 4.57. The molecule has 0 radical (unpaired) electrons. The lowest BCUT2D eigenvalue weighted by Crippen LogP contribution is -2.60. The Hall–Kier alpha value is -3.95. The number of nitrogen functional groups attached to an aromatic ring is 1. The summed E-state index contributed by atoms with van der Waals surface area (Å²) < 4.78 is 7.10. The lowest BCUT2D eigenvalue weighted by molar-refractivity contribution is 0.135. The first-order valence-electron chi connectivity index (χ1n) is 10.2. The number of para-hydroxylation sites is 1. The first-order chi connectivity index (χ1) is 15.2. The molecule has 5 rings (SSSR count). The zero-order chi connectivity index (χ0) is 22.7. The number of aromatic nitrogens is 5. The van der Waals surface area contributed by atoms with E-state index in [4.69, 9.17) is 10.2 Å². The molecule has 1 aliphatic heterocycles. The van der Waals surface area contributed by atoms with E-state index in [1.807, 2.05) is 45.0 Å². The van der Waals surface area contributed by atoms with E-state index in [-0.39, 0.29) is 12.5 Å². The Balaban J connectivity index is 1.68. The van der Waals surface area contributed by atoms with Crippen LogP contribution in [0.4, 0.5) is 16.4 Å². The Morgan fingerprint density at radius 2 is 2.00 bits per heavy atom. The molecule has 0 fully saturated rings. The summed E-state index contributed by atoms with van der Waals surface area (Å²) >= 11 is 0. The molecule has 1 atom stereocenters. The number of benzene rings is 1. The summed E-state index contributed by atoms with van der Waals surface area (Å²) in [5.41, 5.74) is 7.69. The molecule has 164 valence electrons. The van der Waals surface area contributed by atoms with Gasteiger partial charge in [0.1, 0.15) is 5.69 Å². The molecule has 0 aliphatic carbocycles. The highest BCUT2D eigenvalue weighted by Crippen LogP contribution is 2.49. The number of rotatable bonds is 3. The number of amides is 1. The number of nitrogens with zero attached hydrogens (tertiary/aromatic N) is 6. The smallest absolute Gasteiger partial charge is 0.412 e. The van der Waals surface area contributed by atoms with Gasteiger partial charge < -0.3 is 15.3 Å². The number of furan rings is 1. The van der Waals surface area contributed by atoms with Gasteiger partial charge in [-0.1, -0.05) is 44.2 Å². The summed E-state index contributed by atoms with van der Waals surface area (Å²) in [4.78, 5) is 22.6. The molecule has 1 aromatic carbocycles. The Bertz CT molecular complexity index is 1320. The summed E-state index contributed by atoms with van der Waals surface area (Å²) in [5.74, 6) is 0.559. The Labute approximate surface area is 183 Å². The molecule has 0 spiro atoms. The van der Waals surface area contributed by atoms with Gasteiger partial charge in [0.2, 0.25) is 5.95 Å². The van der Waals surface area contributed by atoms with Crippen LogP contribution in [-0.2, 0) is 13.0 Å². The number of carbonyl (C=O) groups is 1. The molecule has 0 bridgehead atoms.